The van der Waals surface area contributed by atoms with Crippen LogP contribution in [0.25, 0.3) is 0 Å². The van der Waals surface area contributed by atoms with E-state index in [0.29, 0.717) is 5.56 Å². The Hall–Kier alpha value is -2.87. The number of anilines is 1. The summed E-state index contributed by atoms with van der Waals surface area (Å²) in [5.41, 5.74) is 0.330. The summed E-state index contributed by atoms with van der Waals surface area (Å²) in [5, 5.41) is 10.1. The molecule has 1 aromatic carbocycles. The first-order valence-corrected chi connectivity index (χ1v) is 6.99. The first-order chi connectivity index (χ1) is 11.4. The fourth-order valence-electron chi connectivity index (χ4n) is 2.29. The highest BCUT2D eigenvalue weighted by atomic mass is 16.5. The highest BCUT2D eigenvalue weighted by molar-refractivity contribution is 6.04. The summed E-state index contributed by atoms with van der Waals surface area (Å²) in [4.78, 5) is 36.9. The monoisotopic (exact) mass is 335 g/mol. The topological polar surface area (TPSA) is 102 Å². The van der Waals surface area contributed by atoms with Crippen LogP contribution in [0.1, 0.15) is 17.3 Å². The Morgan fingerprint density at radius 3 is 2.42 bits per heavy atom. The smallest absolute Gasteiger partial charge is 0.355 e. The van der Waals surface area contributed by atoms with E-state index in [-0.39, 0.29) is 41.8 Å². The van der Waals surface area contributed by atoms with Crippen molar-refractivity contribution in [2.75, 3.05) is 32.5 Å². The molecule has 8 nitrogen and oxygen atoms in total. The molecule has 0 atom stereocenters. The van der Waals surface area contributed by atoms with Crippen molar-refractivity contribution < 1.29 is 33.7 Å². The zero-order chi connectivity index (χ0) is 17.9. The number of Topliss-reactive ketones (excluding diaryl/α,β-unsaturated/α-hetero) is 1. The fourth-order valence-corrected chi connectivity index (χ4v) is 2.29. The average molecular weight is 335 g/mol. The maximum absolute atomic E-state index is 12.2. The normalized spacial score (nSPS) is 14.4. The first-order valence-electron chi connectivity index (χ1n) is 6.99. The summed E-state index contributed by atoms with van der Waals surface area (Å²) in [5.74, 6) is -1.93. The van der Waals surface area contributed by atoms with Crippen molar-refractivity contribution in [1.29, 1.82) is 0 Å². The Morgan fingerprint density at radius 2 is 1.83 bits per heavy atom. The van der Waals surface area contributed by atoms with Crippen molar-refractivity contribution >= 4 is 23.4 Å². The number of carbonyl (C=O) groups excluding carboxylic acids is 3. The maximum Gasteiger partial charge on any atom is 0.355 e. The zero-order valence-corrected chi connectivity index (χ0v) is 13.5. The molecule has 8 heteroatoms. The quantitative estimate of drug-likeness (QED) is 0.642. The zero-order valence-electron chi connectivity index (χ0n) is 13.5. The number of benzene rings is 1. The number of hydrogen-bond donors (Lipinski definition) is 1. The lowest BCUT2D eigenvalue weighted by Gasteiger charge is -2.31. The number of esters is 2. The molecule has 1 heterocycles. The number of methoxy groups -OCH3 is 2. The standard InChI is InChI=1S/C16H17NO7/c1-9(18)10-4-5-13(19)12(6-10)17-8-24-7-11(15(20)22-2)14(17)16(21)23-3/h4-6,19H,7-8H2,1-3H3. The minimum Gasteiger partial charge on any atom is -0.506 e. The number of ether oxygens (including phenoxy) is 3. The first kappa shape index (κ1) is 17.5. The van der Waals surface area contributed by atoms with E-state index < -0.39 is 11.9 Å². The van der Waals surface area contributed by atoms with Crippen LogP contribution in [0.5, 0.6) is 5.75 Å². The molecule has 128 valence electrons. The lowest BCUT2D eigenvalue weighted by Crippen LogP contribution is -2.38. The van der Waals surface area contributed by atoms with Gasteiger partial charge in [-0.2, -0.15) is 0 Å². The molecule has 0 fully saturated rings. The summed E-state index contributed by atoms with van der Waals surface area (Å²) in [6, 6.07) is 4.19. The van der Waals surface area contributed by atoms with Crippen LogP contribution >= 0.6 is 0 Å². The van der Waals surface area contributed by atoms with Gasteiger partial charge in [-0.05, 0) is 25.1 Å². The number of nitrogens with zero attached hydrogens (tertiary/aromatic N) is 1. The van der Waals surface area contributed by atoms with Gasteiger partial charge in [-0.3, -0.25) is 4.79 Å². The number of aromatic hydroxyl groups is 1. The van der Waals surface area contributed by atoms with Crippen LogP contribution < -0.4 is 4.90 Å². The highest BCUT2D eigenvalue weighted by Crippen LogP contribution is 2.34. The largest absolute Gasteiger partial charge is 0.506 e. The summed E-state index contributed by atoms with van der Waals surface area (Å²) in [7, 11) is 2.35. The minimum atomic E-state index is -0.786. The predicted octanol–water partition coefficient (Wildman–Crippen LogP) is 0.989. The van der Waals surface area contributed by atoms with Gasteiger partial charge in [0.2, 0.25) is 0 Å². The van der Waals surface area contributed by atoms with Crippen LogP contribution in [-0.2, 0) is 23.8 Å². The van der Waals surface area contributed by atoms with Gasteiger partial charge in [0.25, 0.3) is 0 Å². The Labute approximate surface area is 138 Å². The van der Waals surface area contributed by atoms with E-state index in [9.17, 15) is 19.5 Å². The second-order valence-corrected chi connectivity index (χ2v) is 4.98. The van der Waals surface area contributed by atoms with E-state index in [1.807, 2.05) is 0 Å². The maximum atomic E-state index is 12.2. The van der Waals surface area contributed by atoms with Gasteiger partial charge in [0.15, 0.2) is 5.78 Å². The van der Waals surface area contributed by atoms with Crippen molar-refractivity contribution in [3.8, 4) is 5.75 Å². The number of hydrogen-bond acceptors (Lipinski definition) is 8. The molecule has 0 spiro atoms. The van der Waals surface area contributed by atoms with Gasteiger partial charge in [0, 0.05) is 5.56 Å². The number of rotatable bonds is 4. The van der Waals surface area contributed by atoms with Gasteiger partial charge in [-0.25, -0.2) is 9.59 Å². The molecule has 0 aliphatic carbocycles. The summed E-state index contributed by atoms with van der Waals surface area (Å²) in [6.07, 6.45) is 0. The predicted molar refractivity (Wildman–Crippen MR) is 82.5 cm³/mol. The molecular formula is C16H17NO7. The van der Waals surface area contributed by atoms with Crippen molar-refractivity contribution in [3.63, 3.8) is 0 Å². The molecule has 0 amide bonds. The summed E-state index contributed by atoms with van der Waals surface area (Å²) in [6.45, 7) is 1.13. The summed E-state index contributed by atoms with van der Waals surface area (Å²) < 4.78 is 14.7. The second-order valence-electron chi connectivity index (χ2n) is 4.98. The molecular weight excluding hydrogens is 318 g/mol. The lowest BCUT2D eigenvalue weighted by molar-refractivity contribution is -0.140. The molecule has 0 radical (unpaired) electrons. The van der Waals surface area contributed by atoms with Gasteiger partial charge in [0.05, 0.1) is 32.1 Å². The molecule has 0 saturated heterocycles. The van der Waals surface area contributed by atoms with E-state index in [1.165, 1.54) is 44.2 Å². The Bertz CT molecular complexity index is 723. The fraction of sp³-hybridized carbons (Fsp3) is 0.312. The third-order valence-corrected chi connectivity index (χ3v) is 3.51. The van der Waals surface area contributed by atoms with Crippen molar-refractivity contribution in [2.45, 2.75) is 6.92 Å². The molecule has 1 aromatic rings. The third kappa shape index (κ3) is 3.23. The molecule has 0 saturated carbocycles. The molecule has 1 aliphatic heterocycles. The highest BCUT2D eigenvalue weighted by Gasteiger charge is 2.33. The van der Waals surface area contributed by atoms with E-state index in [1.54, 1.807) is 0 Å². The van der Waals surface area contributed by atoms with Gasteiger partial charge >= 0.3 is 11.9 Å². The molecule has 0 unspecified atom stereocenters. The van der Waals surface area contributed by atoms with E-state index in [0.717, 1.165) is 0 Å². The Morgan fingerprint density at radius 1 is 1.17 bits per heavy atom. The van der Waals surface area contributed by atoms with Crippen LogP contribution in [0.4, 0.5) is 5.69 Å². The van der Waals surface area contributed by atoms with E-state index in [4.69, 9.17) is 9.47 Å². The Balaban J connectivity index is 2.63. The number of carbonyl (C=O) groups is 3. The van der Waals surface area contributed by atoms with Crippen molar-refractivity contribution in [3.05, 3.63) is 35.0 Å². The van der Waals surface area contributed by atoms with Gasteiger partial charge < -0.3 is 24.2 Å². The van der Waals surface area contributed by atoms with Crippen LogP contribution in [0.2, 0.25) is 0 Å². The number of ketones is 1. The second kappa shape index (κ2) is 7.14. The molecule has 2 rings (SSSR count). The van der Waals surface area contributed by atoms with Crippen LogP contribution in [-0.4, -0.2) is 50.4 Å². The molecule has 0 aromatic heterocycles. The average Bonchev–Trinajstić information content (AvgIpc) is 2.59. The number of phenolic OH excluding ortho intramolecular Hbond substituents is 1. The molecule has 0 bridgehead atoms. The SMILES string of the molecule is COC(=O)C1=C(C(=O)OC)N(c2cc(C(C)=O)ccc2O)COC1. The minimum absolute atomic E-state index is 0.0387. The Kier molecular flexibility index (Phi) is 5.20. The van der Waals surface area contributed by atoms with Crippen molar-refractivity contribution in [1.82, 2.24) is 0 Å². The molecule has 1 aliphatic rings. The molecule has 1 N–H and O–H groups in total. The van der Waals surface area contributed by atoms with Crippen LogP contribution in [0.3, 0.4) is 0 Å². The van der Waals surface area contributed by atoms with Crippen molar-refractivity contribution in [2.24, 2.45) is 0 Å². The van der Waals surface area contributed by atoms with E-state index in [2.05, 4.69) is 4.74 Å². The van der Waals surface area contributed by atoms with Crippen LogP contribution in [0.15, 0.2) is 29.5 Å². The lowest BCUT2D eigenvalue weighted by atomic mass is 10.1. The van der Waals surface area contributed by atoms with Gasteiger partial charge in [-0.15, -0.1) is 0 Å². The van der Waals surface area contributed by atoms with Crippen LogP contribution in [0, 0.1) is 0 Å². The summed E-state index contributed by atoms with van der Waals surface area (Å²) >= 11 is 0. The third-order valence-electron chi connectivity index (χ3n) is 3.51. The van der Waals surface area contributed by atoms with E-state index >= 15 is 0 Å². The number of phenols is 1. The van der Waals surface area contributed by atoms with Gasteiger partial charge in [-0.1, -0.05) is 0 Å². The van der Waals surface area contributed by atoms with Gasteiger partial charge in [0.1, 0.15) is 18.2 Å². The molecule has 24 heavy (non-hydrogen) atoms.